The van der Waals surface area contributed by atoms with Crippen molar-refractivity contribution in [3.8, 4) is 0 Å². The quantitative estimate of drug-likeness (QED) is 0.589. The Hall–Kier alpha value is -0.0400. The molecule has 0 radical (unpaired) electrons. The molecule has 0 bridgehead atoms. The Morgan fingerprint density at radius 3 is 2.40 bits per heavy atom. The molecule has 1 fully saturated rings. The molecule has 0 saturated heterocycles. The highest BCUT2D eigenvalue weighted by Crippen LogP contribution is 2.27. The van der Waals surface area contributed by atoms with E-state index in [1.807, 2.05) is 0 Å². The van der Waals surface area contributed by atoms with Crippen LogP contribution >= 0.6 is 0 Å². The minimum atomic E-state index is 0.788. The zero-order valence-corrected chi connectivity index (χ0v) is 7.35. The van der Waals surface area contributed by atoms with Gasteiger partial charge >= 0.3 is 0 Å². The number of nitrogens with one attached hydrogen (secondary N) is 1. The largest absolute Gasteiger partial charge is 0.317 e. The van der Waals surface area contributed by atoms with Crippen LogP contribution in [0.25, 0.3) is 0 Å². The van der Waals surface area contributed by atoms with Gasteiger partial charge in [-0.25, -0.2) is 0 Å². The average Bonchev–Trinajstić information content (AvgIpc) is 1.88. The molecule has 0 amide bonds. The Labute approximate surface area is 64.2 Å². The maximum atomic E-state index is 3.37. The number of hydrogen-bond acceptors (Lipinski definition) is 1. The zero-order chi connectivity index (χ0) is 7.56. The van der Waals surface area contributed by atoms with E-state index in [2.05, 4.69) is 26.2 Å². The lowest BCUT2D eigenvalue weighted by atomic mass is 9.80. The lowest BCUT2D eigenvalue weighted by Gasteiger charge is -2.32. The van der Waals surface area contributed by atoms with E-state index >= 15 is 0 Å². The fourth-order valence-electron chi connectivity index (χ4n) is 2.09. The third kappa shape index (κ3) is 1.72. The second-order valence-electron chi connectivity index (χ2n) is 3.79. The molecule has 0 aromatic rings. The van der Waals surface area contributed by atoms with Crippen molar-refractivity contribution >= 4 is 0 Å². The Bertz CT molecular complexity index is 101. The van der Waals surface area contributed by atoms with Crippen LogP contribution in [0, 0.1) is 11.8 Å². The smallest absolute Gasteiger partial charge is 0.00898 e. The Kier molecular flexibility index (Phi) is 2.72. The van der Waals surface area contributed by atoms with Crippen molar-refractivity contribution < 1.29 is 0 Å². The molecular formula is C9H19N. The standard InChI is InChI=1S/C9H19N/c1-7-4-5-9(10-3)8(2)6-7/h7-10H,4-6H2,1-3H3/t7-,8?,9-/m0/s1. The van der Waals surface area contributed by atoms with Gasteiger partial charge in [-0.2, -0.15) is 0 Å². The summed E-state index contributed by atoms with van der Waals surface area (Å²) in [6.07, 6.45) is 4.19. The van der Waals surface area contributed by atoms with E-state index in [1.165, 1.54) is 19.3 Å². The Balaban J connectivity index is 2.36. The summed E-state index contributed by atoms with van der Waals surface area (Å²) in [7, 11) is 2.08. The minimum absolute atomic E-state index is 0.788. The van der Waals surface area contributed by atoms with Crippen molar-refractivity contribution in [2.45, 2.75) is 39.2 Å². The van der Waals surface area contributed by atoms with Gasteiger partial charge in [0, 0.05) is 6.04 Å². The number of hydrogen-bond donors (Lipinski definition) is 1. The number of rotatable bonds is 1. The molecule has 1 unspecified atom stereocenters. The minimum Gasteiger partial charge on any atom is -0.317 e. The third-order valence-electron chi connectivity index (χ3n) is 2.80. The van der Waals surface area contributed by atoms with Gasteiger partial charge in [0.15, 0.2) is 0 Å². The van der Waals surface area contributed by atoms with Crippen LogP contribution in [0.1, 0.15) is 33.1 Å². The van der Waals surface area contributed by atoms with Crippen molar-refractivity contribution in [3.05, 3.63) is 0 Å². The van der Waals surface area contributed by atoms with E-state index in [0.717, 1.165) is 17.9 Å². The summed E-state index contributed by atoms with van der Waals surface area (Å²) in [4.78, 5) is 0. The van der Waals surface area contributed by atoms with Crippen molar-refractivity contribution in [1.82, 2.24) is 5.32 Å². The molecule has 60 valence electrons. The van der Waals surface area contributed by atoms with E-state index in [4.69, 9.17) is 0 Å². The second kappa shape index (κ2) is 3.38. The highest BCUT2D eigenvalue weighted by molar-refractivity contribution is 4.79. The normalized spacial score (nSPS) is 41.7. The zero-order valence-electron chi connectivity index (χ0n) is 7.35. The molecule has 0 heterocycles. The van der Waals surface area contributed by atoms with Crippen LogP contribution in [0.3, 0.4) is 0 Å². The maximum Gasteiger partial charge on any atom is 0.00898 e. The summed E-state index contributed by atoms with van der Waals surface area (Å²) in [5.74, 6) is 1.84. The van der Waals surface area contributed by atoms with Gasteiger partial charge in [-0.15, -0.1) is 0 Å². The average molecular weight is 141 g/mol. The molecule has 1 heteroatoms. The molecule has 10 heavy (non-hydrogen) atoms. The summed E-state index contributed by atoms with van der Waals surface area (Å²) >= 11 is 0. The van der Waals surface area contributed by atoms with E-state index < -0.39 is 0 Å². The Morgan fingerprint density at radius 2 is 1.90 bits per heavy atom. The van der Waals surface area contributed by atoms with Gasteiger partial charge in [-0.1, -0.05) is 13.8 Å². The molecule has 1 N–H and O–H groups in total. The SMILES string of the molecule is CN[C@H]1CC[C@H](C)CC1C. The topological polar surface area (TPSA) is 12.0 Å². The van der Waals surface area contributed by atoms with Crippen LogP contribution < -0.4 is 5.32 Å². The first-order valence-electron chi connectivity index (χ1n) is 4.41. The molecule has 1 aliphatic rings. The molecule has 1 nitrogen and oxygen atoms in total. The predicted molar refractivity (Wildman–Crippen MR) is 45.0 cm³/mol. The summed E-state index contributed by atoms with van der Waals surface area (Å²) in [6, 6.07) is 0.788. The fraction of sp³-hybridized carbons (Fsp3) is 1.00. The van der Waals surface area contributed by atoms with Crippen molar-refractivity contribution in [2.24, 2.45) is 11.8 Å². The van der Waals surface area contributed by atoms with Crippen molar-refractivity contribution in [2.75, 3.05) is 7.05 Å². The lowest BCUT2D eigenvalue weighted by molar-refractivity contribution is 0.237. The van der Waals surface area contributed by atoms with Gasteiger partial charge in [-0.05, 0) is 38.1 Å². The first kappa shape index (κ1) is 8.06. The Morgan fingerprint density at radius 1 is 1.20 bits per heavy atom. The van der Waals surface area contributed by atoms with Crippen molar-refractivity contribution in [1.29, 1.82) is 0 Å². The highest BCUT2D eigenvalue weighted by Gasteiger charge is 2.23. The second-order valence-corrected chi connectivity index (χ2v) is 3.79. The van der Waals surface area contributed by atoms with Crippen molar-refractivity contribution in [3.63, 3.8) is 0 Å². The predicted octanol–water partition coefficient (Wildman–Crippen LogP) is 2.03. The van der Waals surface area contributed by atoms with Crippen LogP contribution in [0.15, 0.2) is 0 Å². The molecule has 3 atom stereocenters. The van der Waals surface area contributed by atoms with Gasteiger partial charge in [0.1, 0.15) is 0 Å². The van der Waals surface area contributed by atoms with E-state index in [-0.39, 0.29) is 0 Å². The molecule has 1 aliphatic carbocycles. The van der Waals surface area contributed by atoms with Crippen LogP contribution in [0.5, 0.6) is 0 Å². The van der Waals surface area contributed by atoms with Crippen LogP contribution in [-0.2, 0) is 0 Å². The van der Waals surface area contributed by atoms with Gasteiger partial charge in [0.05, 0.1) is 0 Å². The van der Waals surface area contributed by atoms with Gasteiger partial charge in [-0.3, -0.25) is 0 Å². The lowest BCUT2D eigenvalue weighted by Crippen LogP contribution is -2.36. The summed E-state index contributed by atoms with van der Waals surface area (Å²) in [5, 5.41) is 3.37. The monoisotopic (exact) mass is 141 g/mol. The summed E-state index contributed by atoms with van der Waals surface area (Å²) in [5.41, 5.74) is 0. The molecular weight excluding hydrogens is 122 g/mol. The third-order valence-corrected chi connectivity index (χ3v) is 2.80. The molecule has 0 aromatic heterocycles. The maximum absolute atomic E-state index is 3.37. The summed E-state index contributed by atoms with van der Waals surface area (Å²) in [6.45, 7) is 4.72. The summed E-state index contributed by atoms with van der Waals surface area (Å²) < 4.78 is 0. The first-order valence-corrected chi connectivity index (χ1v) is 4.41. The molecule has 1 saturated carbocycles. The molecule has 0 aromatic carbocycles. The van der Waals surface area contributed by atoms with Crippen LogP contribution in [-0.4, -0.2) is 13.1 Å². The fourth-order valence-corrected chi connectivity index (χ4v) is 2.09. The molecule has 1 rings (SSSR count). The van der Waals surface area contributed by atoms with E-state index in [1.54, 1.807) is 0 Å². The van der Waals surface area contributed by atoms with Crippen LogP contribution in [0.2, 0.25) is 0 Å². The first-order chi connectivity index (χ1) is 4.74. The van der Waals surface area contributed by atoms with Gasteiger partial charge in [0.2, 0.25) is 0 Å². The molecule has 0 spiro atoms. The molecule has 0 aliphatic heterocycles. The van der Waals surface area contributed by atoms with Crippen LogP contribution in [0.4, 0.5) is 0 Å². The van der Waals surface area contributed by atoms with Gasteiger partial charge in [0.25, 0.3) is 0 Å². The highest BCUT2D eigenvalue weighted by atomic mass is 14.9. The van der Waals surface area contributed by atoms with E-state index in [0.29, 0.717) is 0 Å². The van der Waals surface area contributed by atoms with Gasteiger partial charge < -0.3 is 5.32 Å². The van der Waals surface area contributed by atoms with E-state index in [9.17, 15) is 0 Å².